The SMILES string of the molecule is COc1cc(CC(=O)N(C)Cc2nc(CC(NC(C)=O)C(=O)O)cs2)ccc1NC(=O)Nc1ccccc1C. The predicted molar refractivity (Wildman–Crippen MR) is 148 cm³/mol. The number of anilines is 2. The third-order valence-corrected chi connectivity index (χ3v) is 6.63. The number of nitrogens with zero attached hydrogens (tertiary/aromatic N) is 2. The Bertz CT molecular complexity index is 1360. The molecule has 0 radical (unpaired) electrons. The molecular weight excluding hydrogens is 522 g/mol. The number of carboxylic acids is 1. The van der Waals surface area contributed by atoms with Gasteiger partial charge in [0.15, 0.2) is 0 Å². The molecule has 0 saturated heterocycles. The maximum Gasteiger partial charge on any atom is 0.326 e. The van der Waals surface area contributed by atoms with Gasteiger partial charge in [-0.15, -0.1) is 11.3 Å². The third-order valence-electron chi connectivity index (χ3n) is 5.75. The average Bonchev–Trinajstić information content (AvgIpc) is 3.32. The topological polar surface area (TPSA) is 150 Å². The van der Waals surface area contributed by atoms with Crippen LogP contribution in [-0.4, -0.2) is 59.0 Å². The number of benzene rings is 2. The summed E-state index contributed by atoms with van der Waals surface area (Å²) in [5, 5.41) is 19.6. The van der Waals surface area contributed by atoms with Gasteiger partial charge in [-0.1, -0.05) is 24.3 Å². The summed E-state index contributed by atoms with van der Waals surface area (Å²) < 4.78 is 5.43. The van der Waals surface area contributed by atoms with Crippen molar-refractivity contribution in [2.24, 2.45) is 0 Å². The summed E-state index contributed by atoms with van der Waals surface area (Å²) in [5.74, 6) is -1.32. The number of nitrogens with one attached hydrogen (secondary N) is 3. The van der Waals surface area contributed by atoms with E-state index in [9.17, 15) is 24.3 Å². The van der Waals surface area contributed by atoms with Gasteiger partial charge in [-0.2, -0.15) is 0 Å². The van der Waals surface area contributed by atoms with Crippen LogP contribution in [0.2, 0.25) is 0 Å². The van der Waals surface area contributed by atoms with Gasteiger partial charge in [-0.25, -0.2) is 14.6 Å². The molecule has 2 aromatic carbocycles. The molecule has 4 N–H and O–H groups in total. The second-order valence-electron chi connectivity index (χ2n) is 8.88. The summed E-state index contributed by atoms with van der Waals surface area (Å²) in [6, 6.07) is 11.1. The summed E-state index contributed by atoms with van der Waals surface area (Å²) >= 11 is 1.31. The summed E-state index contributed by atoms with van der Waals surface area (Å²) in [6.45, 7) is 3.40. The minimum Gasteiger partial charge on any atom is -0.495 e. The molecule has 12 heteroatoms. The zero-order valence-corrected chi connectivity index (χ0v) is 22.9. The molecule has 3 rings (SSSR count). The molecule has 0 saturated carbocycles. The highest BCUT2D eigenvalue weighted by Crippen LogP contribution is 2.27. The van der Waals surface area contributed by atoms with E-state index in [4.69, 9.17) is 4.74 Å². The lowest BCUT2D eigenvalue weighted by Gasteiger charge is -2.17. The van der Waals surface area contributed by atoms with E-state index in [1.165, 1.54) is 30.3 Å². The number of aryl methyl sites for hydroxylation is 1. The molecule has 0 aliphatic carbocycles. The van der Waals surface area contributed by atoms with Gasteiger partial charge in [-0.3, -0.25) is 9.59 Å². The number of carboxylic acid groups (broad SMARTS) is 1. The van der Waals surface area contributed by atoms with Crippen LogP contribution in [0, 0.1) is 6.92 Å². The third kappa shape index (κ3) is 8.54. The van der Waals surface area contributed by atoms with E-state index >= 15 is 0 Å². The van der Waals surface area contributed by atoms with Gasteiger partial charge in [0, 0.05) is 31.5 Å². The number of urea groups is 1. The lowest BCUT2D eigenvalue weighted by Crippen LogP contribution is -2.41. The highest BCUT2D eigenvalue weighted by molar-refractivity contribution is 7.09. The Labute approximate surface area is 230 Å². The van der Waals surface area contributed by atoms with Crippen LogP contribution in [0.15, 0.2) is 47.8 Å². The molecular formula is C27H31N5O6S. The monoisotopic (exact) mass is 553 g/mol. The number of aliphatic carboxylic acids is 1. The van der Waals surface area contributed by atoms with E-state index in [0.29, 0.717) is 33.4 Å². The number of ether oxygens (including phenoxy) is 1. The van der Waals surface area contributed by atoms with E-state index in [-0.39, 0.29) is 25.3 Å². The molecule has 1 heterocycles. The van der Waals surface area contributed by atoms with Crippen LogP contribution in [0.3, 0.4) is 0 Å². The molecule has 0 bridgehead atoms. The molecule has 206 valence electrons. The highest BCUT2D eigenvalue weighted by Gasteiger charge is 2.21. The van der Waals surface area contributed by atoms with Crippen molar-refractivity contribution < 1.29 is 29.0 Å². The van der Waals surface area contributed by atoms with E-state index in [1.54, 1.807) is 30.6 Å². The molecule has 1 aromatic heterocycles. The van der Waals surface area contributed by atoms with Crippen LogP contribution >= 0.6 is 11.3 Å². The van der Waals surface area contributed by atoms with Crippen LogP contribution in [0.1, 0.15) is 28.8 Å². The molecule has 0 aliphatic rings. The second kappa shape index (κ2) is 13.4. The minimum absolute atomic E-state index is 0.0478. The maximum absolute atomic E-state index is 12.9. The number of thiazole rings is 1. The fourth-order valence-corrected chi connectivity index (χ4v) is 4.57. The zero-order valence-electron chi connectivity index (χ0n) is 22.1. The zero-order chi connectivity index (χ0) is 28.5. The fourth-order valence-electron chi connectivity index (χ4n) is 3.71. The maximum atomic E-state index is 12.9. The van der Waals surface area contributed by atoms with Crippen LogP contribution in [0.25, 0.3) is 0 Å². The first-order valence-corrected chi connectivity index (χ1v) is 12.9. The van der Waals surface area contributed by atoms with E-state index < -0.39 is 23.9 Å². The van der Waals surface area contributed by atoms with Gasteiger partial charge in [-0.05, 0) is 36.2 Å². The summed E-state index contributed by atoms with van der Waals surface area (Å²) in [7, 11) is 3.14. The van der Waals surface area contributed by atoms with Crippen LogP contribution in [-0.2, 0) is 33.8 Å². The molecule has 11 nitrogen and oxygen atoms in total. The van der Waals surface area contributed by atoms with Gasteiger partial charge in [0.05, 0.1) is 31.5 Å². The van der Waals surface area contributed by atoms with E-state index in [0.717, 1.165) is 5.56 Å². The molecule has 1 unspecified atom stereocenters. The molecule has 1 atom stereocenters. The normalized spacial score (nSPS) is 11.3. The largest absolute Gasteiger partial charge is 0.495 e. The van der Waals surface area contributed by atoms with E-state index in [2.05, 4.69) is 20.9 Å². The number of aromatic nitrogens is 1. The van der Waals surface area contributed by atoms with Crippen molar-refractivity contribution in [1.82, 2.24) is 15.2 Å². The summed E-state index contributed by atoms with van der Waals surface area (Å²) in [4.78, 5) is 53.9. The Morgan fingerprint density at radius 2 is 1.82 bits per heavy atom. The number of carbonyl (C=O) groups is 4. The molecule has 3 aromatic rings. The van der Waals surface area contributed by atoms with Crippen molar-refractivity contribution in [3.8, 4) is 5.75 Å². The number of likely N-dealkylation sites (N-methyl/N-ethyl adjacent to an activating group) is 1. The lowest BCUT2D eigenvalue weighted by atomic mass is 10.1. The van der Waals surface area contributed by atoms with Gasteiger partial charge in [0.1, 0.15) is 16.8 Å². The summed E-state index contributed by atoms with van der Waals surface area (Å²) in [5.41, 5.74) is 3.31. The first kappa shape index (κ1) is 29.1. The Hall–Kier alpha value is -4.45. The predicted octanol–water partition coefficient (Wildman–Crippen LogP) is 3.44. The second-order valence-corrected chi connectivity index (χ2v) is 9.83. The van der Waals surface area contributed by atoms with Crippen molar-refractivity contribution in [2.45, 2.75) is 39.3 Å². The quantitative estimate of drug-likeness (QED) is 0.284. The number of para-hydroxylation sites is 1. The number of methoxy groups -OCH3 is 1. The molecule has 4 amide bonds. The van der Waals surface area contributed by atoms with Gasteiger partial charge in [0.25, 0.3) is 0 Å². The molecule has 39 heavy (non-hydrogen) atoms. The Balaban J connectivity index is 1.58. The number of hydrogen-bond acceptors (Lipinski definition) is 7. The highest BCUT2D eigenvalue weighted by atomic mass is 32.1. The van der Waals surface area contributed by atoms with Gasteiger partial charge < -0.3 is 30.7 Å². The number of carbonyl (C=O) groups excluding carboxylic acids is 3. The van der Waals surface area contributed by atoms with Gasteiger partial charge >= 0.3 is 12.0 Å². The number of rotatable bonds is 11. The molecule has 0 fully saturated rings. The lowest BCUT2D eigenvalue weighted by molar-refractivity contribution is -0.141. The fraction of sp³-hybridized carbons (Fsp3) is 0.296. The summed E-state index contributed by atoms with van der Waals surface area (Å²) in [6.07, 6.45) is 0.149. The van der Waals surface area contributed by atoms with Crippen molar-refractivity contribution in [3.63, 3.8) is 0 Å². The van der Waals surface area contributed by atoms with Crippen LogP contribution in [0.4, 0.5) is 16.2 Å². The molecule has 0 aliphatic heterocycles. The van der Waals surface area contributed by atoms with Crippen molar-refractivity contribution in [2.75, 3.05) is 24.8 Å². The minimum atomic E-state index is -1.14. The van der Waals surface area contributed by atoms with Crippen LogP contribution < -0.4 is 20.7 Å². The van der Waals surface area contributed by atoms with Crippen molar-refractivity contribution in [3.05, 3.63) is 69.7 Å². The Morgan fingerprint density at radius 3 is 2.49 bits per heavy atom. The first-order valence-electron chi connectivity index (χ1n) is 12.0. The number of amides is 4. The smallest absolute Gasteiger partial charge is 0.326 e. The standard InChI is InChI=1S/C27H31N5O6S/c1-16-7-5-6-8-20(16)30-27(37)31-21-10-9-18(11-23(21)38-4)12-25(34)32(3)14-24-29-19(15-39-24)13-22(26(35)36)28-17(2)33/h5-11,15,22H,12-14H2,1-4H3,(H,28,33)(H,35,36)(H2,30,31,37). The van der Waals surface area contributed by atoms with Crippen molar-refractivity contribution >= 4 is 46.5 Å². The Morgan fingerprint density at radius 1 is 1.10 bits per heavy atom. The molecule has 0 spiro atoms. The number of hydrogen-bond donors (Lipinski definition) is 4. The van der Waals surface area contributed by atoms with E-state index in [1.807, 2.05) is 31.2 Å². The Kier molecular flexibility index (Phi) is 9.98. The van der Waals surface area contributed by atoms with Crippen molar-refractivity contribution in [1.29, 1.82) is 0 Å². The first-order chi connectivity index (χ1) is 18.5. The van der Waals surface area contributed by atoms with Crippen LogP contribution in [0.5, 0.6) is 5.75 Å². The van der Waals surface area contributed by atoms with Gasteiger partial charge in [0.2, 0.25) is 11.8 Å². The average molecular weight is 554 g/mol.